The summed E-state index contributed by atoms with van der Waals surface area (Å²) in [5, 5.41) is 9.24. The summed E-state index contributed by atoms with van der Waals surface area (Å²) in [6, 6.07) is 8.80. The fourth-order valence-corrected chi connectivity index (χ4v) is 2.90. The molecule has 1 fully saturated rings. The van der Waals surface area contributed by atoms with E-state index >= 15 is 0 Å². The van der Waals surface area contributed by atoms with Crippen LogP contribution in [-0.4, -0.2) is 24.8 Å². The van der Waals surface area contributed by atoms with Gasteiger partial charge in [0.1, 0.15) is 0 Å². The van der Waals surface area contributed by atoms with Gasteiger partial charge in [-0.15, -0.1) is 0 Å². The summed E-state index contributed by atoms with van der Waals surface area (Å²) in [4.78, 5) is 2.49. The minimum atomic E-state index is 0.319. The number of nitrogens with zero attached hydrogens (tertiary/aromatic N) is 1. The molecular weight excluding hydrogens is 234 g/mol. The zero-order valence-electron chi connectivity index (χ0n) is 12.5. The van der Waals surface area contributed by atoms with E-state index in [0.29, 0.717) is 17.9 Å². The van der Waals surface area contributed by atoms with Crippen LogP contribution < -0.4 is 4.90 Å². The van der Waals surface area contributed by atoms with Crippen LogP contribution in [0.3, 0.4) is 0 Å². The van der Waals surface area contributed by atoms with Gasteiger partial charge in [0.05, 0.1) is 0 Å². The van der Waals surface area contributed by atoms with E-state index in [0.717, 1.165) is 32.4 Å². The van der Waals surface area contributed by atoms with Crippen LogP contribution in [-0.2, 0) is 6.42 Å². The molecule has 0 amide bonds. The molecule has 1 aromatic rings. The van der Waals surface area contributed by atoms with Crippen LogP contribution in [0.1, 0.15) is 39.2 Å². The van der Waals surface area contributed by atoms with Crippen LogP contribution in [0.4, 0.5) is 5.69 Å². The average molecular weight is 261 g/mol. The van der Waals surface area contributed by atoms with Crippen molar-refractivity contribution >= 4 is 5.69 Å². The second kappa shape index (κ2) is 5.96. The number of rotatable bonds is 3. The molecule has 0 radical (unpaired) electrons. The highest BCUT2D eigenvalue weighted by molar-refractivity contribution is 5.54. The molecular formula is C17H27NO. The van der Waals surface area contributed by atoms with Gasteiger partial charge in [-0.25, -0.2) is 0 Å². The Morgan fingerprint density at radius 1 is 1.16 bits per heavy atom. The van der Waals surface area contributed by atoms with E-state index in [2.05, 4.69) is 49.9 Å². The Morgan fingerprint density at radius 3 is 2.37 bits per heavy atom. The molecule has 0 atom stereocenters. The van der Waals surface area contributed by atoms with Gasteiger partial charge in [-0.05, 0) is 42.2 Å². The van der Waals surface area contributed by atoms with Crippen molar-refractivity contribution in [2.45, 2.75) is 40.0 Å². The molecule has 2 rings (SSSR count). The van der Waals surface area contributed by atoms with Crippen molar-refractivity contribution < 1.29 is 5.11 Å². The van der Waals surface area contributed by atoms with Gasteiger partial charge in [-0.3, -0.25) is 0 Å². The highest BCUT2D eigenvalue weighted by atomic mass is 16.3. The van der Waals surface area contributed by atoms with Crippen molar-refractivity contribution in [3.8, 4) is 0 Å². The highest BCUT2D eigenvalue weighted by Crippen LogP contribution is 2.30. The molecule has 19 heavy (non-hydrogen) atoms. The second-order valence-corrected chi connectivity index (χ2v) is 6.98. The number of aliphatic hydroxyl groups excluding tert-OH is 1. The quantitative estimate of drug-likeness (QED) is 0.900. The molecule has 0 saturated carbocycles. The zero-order valence-corrected chi connectivity index (χ0v) is 12.5. The number of para-hydroxylation sites is 1. The van der Waals surface area contributed by atoms with E-state index in [1.54, 1.807) is 0 Å². The first kappa shape index (κ1) is 14.4. The van der Waals surface area contributed by atoms with E-state index in [9.17, 15) is 5.11 Å². The van der Waals surface area contributed by atoms with Gasteiger partial charge >= 0.3 is 0 Å². The smallest absolute Gasteiger partial charge is 0.0460 e. The highest BCUT2D eigenvalue weighted by Gasteiger charge is 2.21. The van der Waals surface area contributed by atoms with Gasteiger partial charge in [-0.1, -0.05) is 39.0 Å². The summed E-state index contributed by atoms with van der Waals surface area (Å²) in [5.41, 5.74) is 3.17. The lowest BCUT2D eigenvalue weighted by Crippen LogP contribution is -2.35. The Bertz CT molecular complexity index is 400. The van der Waals surface area contributed by atoms with Crippen LogP contribution >= 0.6 is 0 Å². The van der Waals surface area contributed by atoms with Gasteiger partial charge < -0.3 is 10.0 Å². The van der Waals surface area contributed by atoms with Gasteiger partial charge in [0.2, 0.25) is 0 Å². The number of benzene rings is 1. The van der Waals surface area contributed by atoms with Crippen LogP contribution in [0.15, 0.2) is 24.3 Å². The normalized spacial score (nSPS) is 17.8. The molecule has 0 bridgehead atoms. The largest absolute Gasteiger partial charge is 0.396 e. The molecule has 2 nitrogen and oxygen atoms in total. The van der Waals surface area contributed by atoms with Crippen LogP contribution in [0.5, 0.6) is 0 Å². The molecule has 1 aliphatic heterocycles. The Morgan fingerprint density at radius 2 is 1.79 bits per heavy atom. The Hall–Kier alpha value is -1.02. The predicted molar refractivity (Wildman–Crippen MR) is 81.6 cm³/mol. The Labute approximate surface area is 117 Å². The second-order valence-electron chi connectivity index (χ2n) is 6.98. The fraction of sp³-hybridized carbons (Fsp3) is 0.647. The first-order valence-corrected chi connectivity index (χ1v) is 7.43. The summed E-state index contributed by atoms with van der Waals surface area (Å²) >= 11 is 0. The standard InChI is InChI=1S/C17H27NO/c1-17(2,3)12-15-6-4-5-7-16(15)18-10-8-14(13-19)9-11-18/h4-7,14,19H,8-13H2,1-3H3. The predicted octanol–water partition coefficient (Wildman–Crippen LogP) is 3.48. The first-order valence-electron chi connectivity index (χ1n) is 7.43. The van der Waals surface area contributed by atoms with Gasteiger partial charge in [0.15, 0.2) is 0 Å². The van der Waals surface area contributed by atoms with E-state index in [4.69, 9.17) is 0 Å². The van der Waals surface area contributed by atoms with E-state index in [1.807, 2.05) is 0 Å². The molecule has 0 spiro atoms. The lowest BCUT2D eigenvalue weighted by molar-refractivity contribution is 0.203. The molecule has 1 heterocycles. The van der Waals surface area contributed by atoms with E-state index < -0.39 is 0 Å². The number of piperidine rings is 1. The van der Waals surface area contributed by atoms with Gasteiger partial charge in [0.25, 0.3) is 0 Å². The maximum Gasteiger partial charge on any atom is 0.0460 e. The summed E-state index contributed by atoms with van der Waals surface area (Å²) in [6.07, 6.45) is 3.34. The van der Waals surface area contributed by atoms with Crippen LogP contribution in [0.25, 0.3) is 0 Å². The van der Waals surface area contributed by atoms with Crippen molar-refractivity contribution in [1.82, 2.24) is 0 Å². The molecule has 1 N–H and O–H groups in total. The third-order valence-corrected chi connectivity index (χ3v) is 3.93. The number of anilines is 1. The number of aliphatic hydroxyl groups is 1. The van der Waals surface area contributed by atoms with Crippen LogP contribution in [0.2, 0.25) is 0 Å². The molecule has 1 aromatic carbocycles. The van der Waals surface area contributed by atoms with Gasteiger partial charge in [0, 0.05) is 25.4 Å². The average Bonchev–Trinajstić information content (AvgIpc) is 2.38. The van der Waals surface area contributed by atoms with Gasteiger partial charge in [-0.2, -0.15) is 0 Å². The van der Waals surface area contributed by atoms with Crippen LogP contribution in [0, 0.1) is 11.3 Å². The monoisotopic (exact) mass is 261 g/mol. The first-order chi connectivity index (χ1) is 8.99. The lowest BCUT2D eigenvalue weighted by atomic mass is 9.87. The lowest BCUT2D eigenvalue weighted by Gasteiger charge is -2.35. The summed E-state index contributed by atoms with van der Waals surface area (Å²) in [5.74, 6) is 0.506. The molecule has 1 aliphatic rings. The van der Waals surface area contributed by atoms with E-state index in [1.165, 1.54) is 11.3 Å². The van der Waals surface area contributed by atoms with Crippen molar-refractivity contribution in [2.75, 3.05) is 24.6 Å². The maximum absolute atomic E-state index is 9.24. The van der Waals surface area contributed by atoms with Crippen molar-refractivity contribution in [3.63, 3.8) is 0 Å². The summed E-state index contributed by atoms with van der Waals surface area (Å²) < 4.78 is 0. The summed E-state index contributed by atoms with van der Waals surface area (Å²) in [6.45, 7) is 9.38. The topological polar surface area (TPSA) is 23.5 Å². The van der Waals surface area contributed by atoms with E-state index in [-0.39, 0.29) is 0 Å². The Balaban J connectivity index is 2.12. The Kier molecular flexibility index (Phi) is 4.51. The number of hydrogen-bond acceptors (Lipinski definition) is 2. The molecule has 0 unspecified atom stereocenters. The maximum atomic E-state index is 9.24. The molecule has 0 aromatic heterocycles. The minimum Gasteiger partial charge on any atom is -0.396 e. The number of hydrogen-bond donors (Lipinski definition) is 1. The van der Waals surface area contributed by atoms with Crippen molar-refractivity contribution in [1.29, 1.82) is 0 Å². The zero-order chi connectivity index (χ0) is 13.9. The fourth-order valence-electron chi connectivity index (χ4n) is 2.90. The minimum absolute atomic E-state index is 0.319. The molecule has 0 aliphatic carbocycles. The molecule has 1 saturated heterocycles. The molecule has 2 heteroatoms. The summed E-state index contributed by atoms with van der Waals surface area (Å²) in [7, 11) is 0. The SMILES string of the molecule is CC(C)(C)Cc1ccccc1N1CCC(CO)CC1. The third-order valence-electron chi connectivity index (χ3n) is 3.93. The third kappa shape index (κ3) is 3.97. The van der Waals surface area contributed by atoms with Crippen molar-refractivity contribution in [2.24, 2.45) is 11.3 Å². The van der Waals surface area contributed by atoms with Crippen molar-refractivity contribution in [3.05, 3.63) is 29.8 Å². The molecule has 106 valence electrons.